The second kappa shape index (κ2) is 8.22. The molecule has 3 rings (SSSR count). The molecule has 1 N–H and O–H groups in total. The van der Waals surface area contributed by atoms with Gasteiger partial charge in [0.05, 0.1) is 12.5 Å². The van der Waals surface area contributed by atoms with E-state index >= 15 is 0 Å². The number of methoxy groups -OCH3 is 1. The molecule has 0 radical (unpaired) electrons. The van der Waals surface area contributed by atoms with Crippen molar-refractivity contribution in [1.29, 1.82) is 0 Å². The first-order valence-electron chi connectivity index (χ1n) is 8.25. The molecule has 1 saturated heterocycles. The summed E-state index contributed by atoms with van der Waals surface area (Å²) < 4.78 is 5.12. The highest BCUT2D eigenvalue weighted by Crippen LogP contribution is 2.21. The smallest absolute Gasteiger partial charge is 0.253 e. The van der Waals surface area contributed by atoms with Crippen molar-refractivity contribution in [2.45, 2.75) is 19.4 Å². The summed E-state index contributed by atoms with van der Waals surface area (Å²) in [6, 6.07) is 7.45. The van der Waals surface area contributed by atoms with Gasteiger partial charge in [-0.15, -0.1) is 11.3 Å². The predicted molar refractivity (Wildman–Crippen MR) is 96.5 cm³/mol. The largest absolute Gasteiger partial charge is 0.380 e. The van der Waals surface area contributed by atoms with E-state index in [9.17, 15) is 9.59 Å². The minimum atomic E-state index is -0.205. The van der Waals surface area contributed by atoms with E-state index in [-0.39, 0.29) is 17.7 Å². The lowest BCUT2D eigenvalue weighted by atomic mass is 9.96. The number of anilines is 1. The summed E-state index contributed by atoms with van der Waals surface area (Å²) in [5.41, 5.74) is 1.60. The highest BCUT2D eigenvalue weighted by Gasteiger charge is 2.29. The fourth-order valence-corrected chi connectivity index (χ4v) is 3.54. The third-order valence-corrected chi connectivity index (χ3v) is 4.92. The first kappa shape index (κ1) is 17.6. The summed E-state index contributed by atoms with van der Waals surface area (Å²) in [6.07, 6.45) is 3.26. The van der Waals surface area contributed by atoms with Crippen LogP contribution in [-0.4, -0.2) is 41.9 Å². The standard InChI is InChI=1S/C18H21N3O3S/c1-24-12-13-4-2-5-14(10-13)17(23)21-8-3-6-15(11-21)16(22)20-18-19-7-9-25-18/h2,4-5,7,9-10,15H,3,6,8,11-12H2,1H3,(H,19,20,22)/t15-/m0/s1. The molecule has 2 aromatic rings. The van der Waals surface area contributed by atoms with Crippen LogP contribution in [0.25, 0.3) is 0 Å². The maximum absolute atomic E-state index is 12.8. The van der Waals surface area contributed by atoms with Crippen LogP contribution in [0.1, 0.15) is 28.8 Å². The predicted octanol–water partition coefficient (Wildman–Crippen LogP) is 2.78. The van der Waals surface area contributed by atoms with Gasteiger partial charge in [-0.25, -0.2) is 4.98 Å². The van der Waals surface area contributed by atoms with Gasteiger partial charge in [-0.05, 0) is 30.5 Å². The number of ether oxygens (including phenoxy) is 1. The number of likely N-dealkylation sites (tertiary alicyclic amines) is 1. The molecular formula is C18H21N3O3S. The minimum Gasteiger partial charge on any atom is -0.380 e. The van der Waals surface area contributed by atoms with Crippen LogP contribution in [0.2, 0.25) is 0 Å². The lowest BCUT2D eigenvalue weighted by Gasteiger charge is -2.32. The van der Waals surface area contributed by atoms with Crippen molar-refractivity contribution in [3.8, 4) is 0 Å². The molecule has 2 heterocycles. The van der Waals surface area contributed by atoms with E-state index in [2.05, 4.69) is 10.3 Å². The Balaban J connectivity index is 1.65. The van der Waals surface area contributed by atoms with Crippen LogP contribution in [0.3, 0.4) is 0 Å². The Morgan fingerprint density at radius 1 is 1.44 bits per heavy atom. The van der Waals surface area contributed by atoms with E-state index in [0.29, 0.717) is 30.4 Å². The van der Waals surface area contributed by atoms with E-state index < -0.39 is 0 Å². The van der Waals surface area contributed by atoms with Gasteiger partial charge in [0.15, 0.2) is 5.13 Å². The fraction of sp³-hybridized carbons (Fsp3) is 0.389. The highest BCUT2D eigenvalue weighted by molar-refractivity contribution is 7.13. The van der Waals surface area contributed by atoms with Crippen molar-refractivity contribution in [2.24, 2.45) is 5.92 Å². The minimum absolute atomic E-state index is 0.0373. The van der Waals surface area contributed by atoms with Gasteiger partial charge in [-0.3, -0.25) is 9.59 Å². The van der Waals surface area contributed by atoms with Gasteiger partial charge in [0.2, 0.25) is 5.91 Å². The Labute approximate surface area is 150 Å². The molecule has 1 aromatic heterocycles. The zero-order chi connectivity index (χ0) is 17.6. The first-order valence-corrected chi connectivity index (χ1v) is 9.13. The summed E-state index contributed by atoms with van der Waals surface area (Å²) in [5, 5.41) is 5.25. The number of thiazole rings is 1. The molecule has 0 unspecified atom stereocenters. The van der Waals surface area contributed by atoms with Crippen molar-refractivity contribution in [2.75, 3.05) is 25.5 Å². The number of rotatable bonds is 5. The summed E-state index contributed by atoms with van der Waals surface area (Å²) in [6.45, 7) is 1.58. The Kier molecular flexibility index (Phi) is 5.78. The summed E-state index contributed by atoms with van der Waals surface area (Å²) in [5.74, 6) is -0.311. The maximum atomic E-state index is 12.8. The van der Waals surface area contributed by atoms with Crippen LogP contribution in [0.4, 0.5) is 5.13 Å². The van der Waals surface area contributed by atoms with E-state index in [0.717, 1.165) is 18.4 Å². The monoisotopic (exact) mass is 359 g/mol. The number of carbonyl (C=O) groups excluding carboxylic acids is 2. The van der Waals surface area contributed by atoms with Gasteiger partial charge in [0.25, 0.3) is 5.91 Å². The molecule has 6 nitrogen and oxygen atoms in total. The Bertz CT molecular complexity index is 733. The second-order valence-corrected chi connectivity index (χ2v) is 6.94. The Morgan fingerprint density at radius 3 is 3.08 bits per heavy atom. The summed E-state index contributed by atoms with van der Waals surface area (Å²) in [4.78, 5) is 31.0. The fourth-order valence-electron chi connectivity index (χ4n) is 3.01. The molecule has 1 fully saturated rings. The molecule has 1 aliphatic heterocycles. The topological polar surface area (TPSA) is 71.5 Å². The van der Waals surface area contributed by atoms with Crippen LogP contribution < -0.4 is 5.32 Å². The number of nitrogens with zero attached hydrogens (tertiary/aromatic N) is 2. The molecule has 2 amide bonds. The van der Waals surface area contributed by atoms with Crippen molar-refractivity contribution in [1.82, 2.24) is 9.88 Å². The average molecular weight is 359 g/mol. The number of hydrogen-bond donors (Lipinski definition) is 1. The molecule has 0 spiro atoms. The van der Waals surface area contributed by atoms with E-state index in [4.69, 9.17) is 4.74 Å². The molecule has 0 bridgehead atoms. The van der Waals surface area contributed by atoms with Gasteiger partial charge in [-0.1, -0.05) is 12.1 Å². The summed E-state index contributed by atoms with van der Waals surface area (Å²) >= 11 is 1.39. The molecule has 132 valence electrons. The molecule has 0 aliphatic carbocycles. The number of benzene rings is 1. The Hall–Kier alpha value is -2.25. The molecule has 1 atom stereocenters. The zero-order valence-corrected chi connectivity index (χ0v) is 14.9. The van der Waals surface area contributed by atoms with Crippen molar-refractivity contribution in [3.05, 3.63) is 47.0 Å². The van der Waals surface area contributed by atoms with Gasteiger partial charge in [0, 0.05) is 37.3 Å². The maximum Gasteiger partial charge on any atom is 0.253 e. The third kappa shape index (κ3) is 4.43. The van der Waals surface area contributed by atoms with Crippen molar-refractivity contribution in [3.63, 3.8) is 0 Å². The van der Waals surface area contributed by atoms with Gasteiger partial charge in [-0.2, -0.15) is 0 Å². The molecule has 0 saturated carbocycles. The van der Waals surface area contributed by atoms with Crippen molar-refractivity contribution < 1.29 is 14.3 Å². The highest BCUT2D eigenvalue weighted by atomic mass is 32.1. The van der Waals surface area contributed by atoms with Crippen molar-refractivity contribution >= 4 is 28.3 Å². The van der Waals surface area contributed by atoms with Crippen LogP contribution in [0, 0.1) is 5.92 Å². The molecule has 1 aliphatic rings. The number of aromatic nitrogens is 1. The second-order valence-electron chi connectivity index (χ2n) is 6.05. The molecular weight excluding hydrogens is 338 g/mol. The van der Waals surface area contributed by atoms with Crippen LogP contribution >= 0.6 is 11.3 Å². The van der Waals surface area contributed by atoms with E-state index in [1.807, 2.05) is 23.6 Å². The van der Waals surface area contributed by atoms with E-state index in [1.54, 1.807) is 24.3 Å². The number of carbonyl (C=O) groups is 2. The van der Waals surface area contributed by atoms with Gasteiger partial charge >= 0.3 is 0 Å². The lowest BCUT2D eigenvalue weighted by Crippen LogP contribution is -2.43. The quantitative estimate of drug-likeness (QED) is 0.891. The number of amides is 2. The van der Waals surface area contributed by atoms with Gasteiger partial charge in [0.1, 0.15) is 0 Å². The zero-order valence-electron chi connectivity index (χ0n) is 14.1. The van der Waals surface area contributed by atoms with Crippen LogP contribution in [0.15, 0.2) is 35.8 Å². The molecule has 1 aromatic carbocycles. The third-order valence-electron chi connectivity index (χ3n) is 4.23. The SMILES string of the molecule is COCc1cccc(C(=O)N2CCC[C@H](C(=O)Nc3nccs3)C2)c1. The number of hydrogen-bond acceptors (Lipinski definition) is 5. The lowest BCUT2D eigenvalue weighted by molar-refractivity contribution is -0.121. The number of nitrogens with one attached hydrogen (secondary N) is 1. The first-order chi connectivity index (χ1) is 12.2. The molecule has 25 heavy (non-hydrogen) atoms. The van der Waals surface area contributed by atoms with Crippen LogP contribution in [-0.2, 0) is 16.1 Å². The average Bonchev–Trinajstić information content (AvgIpc) is 3.15. The Morgan fingerprint density at radius 2 is 2.32 bits per heavy atom. The van der Waals surface area contributed by atoms with E-state index in [1.165, 1.54) is 11.3 Å². The number of piperidine rings is 1. The van der Waals surface area contributed by atoms with Gasteiger partial charge < -0.3 is 15.0 Å². The summed E-state index contributed by atoms with van der Waals surface area (Å²) in [7, 11) is 1.63. The van der Waals surface area contributed by atoms with Crippen LogP contribution in [0.5, 0.6) is 0 Å². The normalized spacial score (nSPS) is 17.3. The molecule has 7 heteroatoms.